The molecule has 7 nitrogen and oxygen atoms in total. The molecule has 1 aromatic carbocycles. The Morgan fingerprint density at radius 1 is 1.31 bits per heavy atom. The molecule has 1 amide bonds. The number of benzene rings is 1. The molecular weight excluding hydrogens is 336 g/mol. The van der Waals surface area contributed by atoms with Crippen LogP contribution in [0.2, 0.25) is 0 Å². The second-order valence-corrected chi connectivity index (χ2v) is 6.94. The standard InChI is InChI=1S/C19H28N2O5/c1-13-7-14(2)19(15(3)8-13)26-12-17(22)21-5-6-25-16(10-21)9-20(4)11-18(23)24/h7-8,16H,5-6,9-12H2,1-4H3,(H,23,24). The summed E-state index contributed by atoms with van der Waals surface area (Å²) >= 11 is 0. The molecule has 0 spiro atoms. The monoisotopic (exact) mass is 364 g/mol. The van der Waals surface area contributed by atoms with Crippen LogP contribution in [0, 0.1) is 20.8 Å². The van der Waals surface area contributed by atoms with Crippen LogP contribution in [0.1, 0.15) is 16.7 Å². The van der Waals surface area contributed by atoms with E-state index in [1.54, 1.807) is 16.8 Å². The van der Waals surface area contributed by atoms with E-state index in [1.807, 2.05) is 32.9 Å². The topological polar surface area (TPSA) is 79.3 Å². The van der Waals surface area contributed by atoms with Gasteiger partial charge in [0, 0.05) is 19.6 Å². The zero-order chi connectivity index (χ0) is 19.3. The molecule has 2 rings (SSSR count). The lowest BCUT2D eigenvalue weighted by Gasteiger charge is -2.34. The van der Waals surface area contributed by atoms with Crippen molar-refractivity contribution in [2.75, 3.05) is 46.4 Å². The van der Waals surface area contributed by atoms with Gasteiger partial charge >= 0.3 is 5.97 Å². The molecular formula is C19H28N2O5. The zero-order valence-corrected chi connectivity index (χ0v) is 15.9. The zero-order valence-electron chi connectivity index (χ0n) is 15.9. The highest BCUT2D eigenvalue weighted by Gasteiger charge is 2.26. The molecule has 0 radical (unpaired) electrons. The van der Waals surface area contributed by atoms with Crippen molar-refractivity contribution in [2.45, 2.75) is 26.9 Å². The second-order valence-electron chi connectivity index (χ2n) is 6.94. The molecule has 1 heterocycles. The molecule has 0 saturated carbocycles. The van der Waals surface area contributed by atoms with Crippen molar-refractivity contribution in [1.29, 1.82) is 0 Å². The van der Waals surface area contributed by atoms with E-state index < -0.39 is 5.97 Å². The molecule has 1 atom stereocenters. The van der Waals surface area contributed by atoms with Gasteiger partial charge in [0.25, 0.3) is 5.91 Å². The minimum Gasteiger partial charge on any atom is -0.483 e. The van der Waals surface area contributed by atoms with Crippen LogP contribution < -0.4 is 4.74 Å². The van der Waals surface area contributed by atoms with Crippen molar-refractivity contribution in [3.63, 3.8) is 0 Å². The maximum Gasteiger partial charge on any atom is 0.317 e. The number of nitrogens with zero attached hydrogens (tertiary/aromatic N) is 2. The largest absolute Gasteiger partial charge is 0.483 e. The van der Waals surface area contributed by atoms with Crippen molar-refractivity contribution in [2.24, 2.45) is 0 Å². The van der Waals surface area contributed by atoms with Gasteiger partial charge < -0.3 is 19.5 Å². The number of likely N-dealkylation sites (N-methyl/N-ethyl adjacent to an activating group) is 1. The summed E-state index contributed by atoms with van der Waals surface area (Å²) in [5.41, 5.74) is 3.20. The van der Waals surface area contributed by atoms with Crippen LogP contribution in [0.5, 0.6) is 5.75 Å². The second kappa shape index (κ2) is 9.00. The van der Waals surface area contributed by atoms with Crippen LogP contribution in [0.3, 0.4) is 0 Å². The van der Waals surface area contributed by atoms with E-state index in [4.69, 9.17) is 14.6 Å². The molecule has 7 heteroatoms. The van der Waals surface area contributed by atoms with Gasteiger partial charge in [-0.1, -0.05) is 17.7 Å². The van der Waals surface area contributed by atoms with Crippen LogP contribution in [0.15, 0.2) is 12.1 Å². The first kappa shape index (κ1) is 20.2. The quantitative estimate of drug-likeness (QED) is 0.784. The Morgan fingerprint density at radius 2 is 1.96 bits per heavy atom. The molecule has 1 aliphatic heterocycles. The Hall–Kier alpha value is -2.12. The molecule has 1 N–H and O–H groups in total. The van der Waals surface area contributed by atoms with Gasteiger partial charge in [-0.25, -0.2) is 0 Å². The third-order valence-electron chi connectivity index (χ3n) is 4.36. The number of hydrogen-bond acceptors (Lipinski definition) is 5. The molecule has 1 aromatic rings. The summed E-state index contributed by atoms with van der Waals surface area (Å²) in [6.07, 6.45) is -0.195. The molecule has 1 fully saturated rings. The molecule has 0 aromatic heterocycles. The van der Waals surface area contributed by atoms with Gasteiger partial charge in [0.1, 0.15) is 5.75 Å². The maximum atomic E-state index is 12.5. The summed E-state index contributed by atoms with van der Waals surface area (Å²) in [4.78, 5) is 26.7. The van der Waals surface area contributed by atoms with Gasteiger partial charge in [-0.05, 0) is 38.9 Å². The fourth-order valence-electron chi connectivity index (χ4n) is 3.32. The Morgan fingerprint density at radius 3 is 2.58 bits per heavy atom. The SMILES string of the molecule is Cc1cc(C)c(OCC(=O)N2CCOC(CN(C)CC(=O)O)C2)c(C)c1. The van der Waals surface area contributed by atoms with Gasteiger partial charge in [-0.15, -0.1) is 0 Å². The number of carbonyl (C=O) groups is 2. The summed E-state index contributed by atoms with van der Waals surface area (Å²) < 4.78 is 11.4. The third kappa shape index (κ3) is 5.71. The van der Waals surface area contributed by atoms with Crippen LogP contribution in [0.4, 0.5) is 0 Å². The number of hydrogen-bond donors (Lipinski definition) is 1. The number of morpholine rings is 1. The number of carboxylic acids is 1. The highest BCUT2D eigenvalue weighted by Crippen LogP contribution is 2.24. The Balaban J connectivity index is 1.88. The smallest absolute Gasteiger partial charge is 0.317 e. The number of carbonyl (C=O) groups excluding carboxylic acids is 1. The van der Waals surface area contributed by atoms with Crippen molar-refractivity contribution >= 4 is 11.9 Å². The van der Waals surface area contributed by atoms with Gasteiger partial charge in [0.15, 0.2) is 6.61 Å². The van der Waals surface area contributed by atoms with Crippen molar-refractivity contribution in [3.05, 3.63) is 28.8 Å². The maximum absolute atomic E-state index is 12.5. The van der Waals surface area contributed by atoms with Gasteiger partial charge in [-0.3, -0.25) is 14.5 Å². The number of aliphatic carboxylic acids is 1. The molecule has 1 saturated heterocycles. The molecule has 1 aliphatic rings. The van der Waals surface area contributed by atoms with Crippen LogP contribution in [-0.4, -0.2) is 79.3 Å². The highest BCUT2D eigenvalue weighted by molar-refractivity contribution is 5.78. The molecule has 1 unspecified atom stereocenters. The summed E-state index contributed by atoms with van der Waals surface area (Å²) in [6, 6.07) is 4.08. The Labute approximate surface area is 154 Å². The summed E-state index contributed by atoms with van der Waals surface area (Å²) in [5, 5.41) is 8.83. The lowest BCUT2D eigenvalue weighted by molar-refractivity contribution is -0.143. The van der Waals surface area contributed by atoms with E-state index in [9.17, 15) is 9.59 Å². The summed E-state index contributed by atoms with van der Waals surface area (Å²) in [6.45, 7) is 7.79. The van der Waals surface area contributed by atoms with Gasteiger partial charge in [-0.2, -0.15) is 0 Å². The van der Waals surface area contributed by atoms with E-state index in [0.717, 1.165) is 16.9 Å². The van der Waals surface area contributed by atoms with E-state index >= 15 is 0 Å². The van der Waals surface area contributed by atoms with Crippen LogP contribution in [0.25, 0.3) is 0 Å². The average molecular weight is 364 g/mol. The Bertz CT molecular complexity index is 638. The van der Waals surface area contributed by atoms with E-state index in [0.29, 0.717) is 26.2 Å². The lowest BCUT2D eigenvalue weighted by Crippen LogP contribution is -2.50. The van der Waals surface area contributed by atoms with E-state index in [2.05, 4.69) is 0 Å². The number of ether oxygens (including phenoxy) is 2. The first-order valence-electron chi connectivity index (χ1n) is 8.76. The molecule has 144 valence electrons. The average Bonchev–Trinajstić information content (AvgIpc) is 2.53. The first-order valence-corrected chi connectivity index (χ1v) is 8.76. The molecule has 26 heavy (non-hydrogen) atoms. The predicted octanol–water partition coefficient (Wildman–Crippen LogP) is 1.23. The van der Waals surface area contributed by atoms with E-state index in [1.165, 1.54) is 5.56 Å². The summed E-state index contributed by atoms with van der Waals surface area (Å²) in [5.74, 6) is -0.206. The molecule has 0 aliphatic carbocycles. The van der Waals surface area contributed by atoms with Crippen LogP contribution in [-0.2, 0) is 14.3 Å². The lowest BCUT2D eigenvalue weighted by atomic mass is 10.1. The number of rotatable bonds is 7. The van der Waals surface area contributed by atoms with E-state index in [-0.39, 0.29) is 25.2 Å². The number of aryl methyl sites for hydroxylation is 3. The third-order valence-corrected chi connectivity index (χ3v) is 4.36. The van der Waals surface area contributed by atoms with Gasteiger partial charge in [0.05, 0.1) is 19.3 Å². The normalized spacial score (nSPS) is 17.4. The van der Waals surface area contributed by atoms with Crippen molar-refractivity contribution in [3.8, 4) is 5.75 Å². The fourth-order valence-corrected chi connectivity index (χ4v) is 3.32. The van der Waals surface area contributed by atoms with Crippen molar-refractivity contribution < 1.29 is 24.2 Å². The van der Waals surface area contributed by atoms with Crippen LogP contribution >= 0.6 is 0 Å². The minimum absolute atomic E-state index is 0.0115. The minimum atomic E-state index is -0.881. The molecule has 0 bridgehead atoms. The fraction of sp³-hybridized carbons (Fsp3) is 0.579. The number of carboxylic acid groups (broad SMARTS) is 1. The van der Waals surface area contributed by atoms with Gasteiger partial charge in [0.2, 0.25) is 0 Å². The predicted molar refractivity (Wildman–Crippen MR) is 97.6 cm³/mol. The number of amides is 1. The Kier molecular flexibility index (Phi) is 6.99. The first-order chi connectivity index (χ1) is 12.3. The summed E-state index contributed by atoms with van der Waals surface area (Å²) in [7, 11) is 1.73. The van der Waals surface area contributed by atoms with Crippen molar-refractivity contribution in [1.82, 2.24) is 9.80 Å². The highest BCUT2D eigenvalue weighted by atomic mass is 16.5.